The Balaban J connectivity index is 1.12. The van der Waals surface area contributed by atoms with Crippen molar-refractivity contribution in [1.82, 2.24) is 24.6 Å². The van der Waals surface area contributed by atoms with Gasteiger partial charge >= 0.3 is 6.09 Å². The standard InChI is InChI=1S/C35H40Cl2N6O4/c1-22(31-26(36)17-38-18-27(31)37)46-24-9-10-28-25(15-24)32(40-43(28)30-7-5-6-14-45-30)23-8-11-29(39-16-23)42-20-35(21-42)12-13-41(19-35)33(44)47-34(2,3)4/h8-11,15-18,22,30H,5-7,12-14,19-21H2,1-4H3/t22-,30?/m1/s1. The van der Waals surface area contributed by atoms with Crippen LogP contribution in [0.3, 0.4) is 0 Å². The molecule has 12 heteroatoms. The largest absolute Gasteiger partial charge is 0.486 e. The van der Waals surface area contributed by atoms with Gasteiger partial charge in [0.15, 0.2) is 6.23 Å². The summed E-state index contributed by atoms with van der Waals surface area (Å²) in [5, 5.41) is 6.95. The molecule has 10 nitrogen and oxygen atoms in total. The van der Waals surface area contributed by atoms with Crippen LogP contribution in [0.4, 0.5) is 10.6 Å². The topological polar surface area (TPSA) is 94.8 Å². The molecule has 248 valence electrons. The van der Waals surface area contributed by atoms with Crippen LogP contribution in [0, 0.1) is 5.41 Å². The lowest BCUT2D eigenvalue weighted by Gasteiger charge is -2.48. The first kappa shape index (κ1) is 32.0. The van der Waals surface area contributed by atoms with Gasteiger partial charge in [-0.15, -0.1) is 0 Å². The summed E-state index contributed by atoms with van der Waals surface area (Å²) >= 11 is 12.8. The summed E-state index contributed by atoms with van der Waals surface area (Å²) in [6.45, 7) is 11.5. The second kappa shape index (κ2) is 12.5. The monoisotopic (exact) mass is 678 g/mol. The molecular weight excluding hydrogens is 639 g/mol. The molecule has 3 aliphatic rings. The van der Waals surface area contributed by atoms with Crippen LogP contribution in [0.25, 0.3) is 22.2 Å². The van der Waals surface area contributed by atoms with Crippen molar-refractivity contribution in [3.05, 3.63) is 64.5 Å². The van der Waals surface area contributed by atoms with Crippen molar-refractivity contribution in [2.24, 2.45) is 5.41 Å². The molecule has 1 spiro atoms. The molecule has 7 rings (SSSR count). The quantitative estimate of drug-likeness (QED) is 0.202. The molecule has 3 saturated heterocycles. The molecule has 3 aliphatic heterocycles. The first-order chi connectivity index (χ1) is 22.5. The number of halogens is 2. The van der Waals surface area contributed by atoms with Crippen molar-refractivity contribution in [1.29, 1.82) is 0 Å². The van der Waals surface area contributed by atoms with Gasteiger partial charge < -0.3 is 24.0 Å². The van der Waals surface area contributed by atoms with Gasteiger partial charge in [0.2, 0.25) is 0 Å². The number of aromatic nitrogens is 4. The van der Waals surface area contributed by atoms with E-state index in [1.54, 1.807) is 12.4 Å². The molecule has 2 atom stereocenters. The Morgan fingerprint density at radius 1 is 1.06 bits per heavy atom. The fraction of sp³-hybridized carbons (Fsp3) is 0.486. The lowest BCUT2D eigenvalue weighted by atomic mass is 9.79. The smallest absolute Gasteiger partial charge is 0.410 e. The summed E-state index contributed by atoms with van der Waals surface area (Å²) in [5.41, 5.74) is 2.98. The molecule has 6 heterocycles. The van der Waals surface area contributed by atoms with Crippen molar-refractivity contribution < 1.29 is 19.0 Å². The zero-order chi connectivity index (χ0) is 32.9. The van der Waals surface area contributed by atoms with E-state index < -0.39 is 11.7 Å². The van der Waals surface area contributed by atoms with Crippen molar-refractivity contribution in [3.63, 3.8) is 0 Å². The number of hydrogen-bond donors (Lipinski definition) is 0. The Kier molecular flexibility index (Phi) is 8.47. The van der Waals surface area contributed by atoms with Gasteiger partial charge in [0.25, 0.3) is 0 Å². The Bertz CT molecular complexity index is 1760. The number of rotatable bonds is 6. The third-order valence-corrected chi connectivity index (χ3v) is 9.81. The number of hydrogen-bond acceptors (Lipinski definition) is 8. The van der Waals surface area contributed by atoms with E-state index in [9.17, 15) is 4.79 Å². The third-order valence-electron chi connectivity index (χ3n) is 9.20. The average Bonchev–Trinajstić information content (AvgIpc) is 3.63. The number of nitrogens with zero attached hydrogens (tertiary/aromatic N) is 6. The Hall–Kier alpha value is -3.60. The summed E-state index contributed by atoms with van der Waals surface area (Å²) in [6, 6.07) is 10.1. The van der Waals surface area contributed by atoms with Gasteiger partial charge in [-0.25, -0.2) is 14.5 Å². The van der Waals surface area contributed by atoms with Crippen LogP contribution in [0.1, 0.15) is 71.3 Å². The second-order valence-electron chi connectivity index (χ2n) is 14.0. The van der Waals surface area contributed by atoms with Crippen LogP contribution in [-0.4, -0.2) is 69.1 Å². The minimum absolute atomic E-state index is 0.0878. The van der Waals surface area contributed by atoms with Gasteiger partial charge in [-0.2, -0.15) is 5.10 Å². The molecule has 0 N–H and O–H groups in total. The number of ether oxygens (including phenoxy) is 3. The fourth-order valence-corrected chi connectivity index (χ4v) is 7.60. The summed E-state index contributed by atoms with van der Waals surface area (Å²) in [5.74, 6) is 1.59. The lowest BCUT2D eigenvalue weighted by Crippen LogP contribution is -2.58. The van der Waals surface area contributed by atoms with Gasteiger partial charge in [-0.05, 0) is 83.7 Å². The van der Waals surface area contributed by atoms with E-state index in [-0.39, 0.29) is 17.7 Å². The van der Waals surface area contributed by atoms with Crippen LogP contribution in [0.15, 0.2) is 48.9 Å². The minimum Gasteiger partial charge on any atom is -0.486 e. The number of likely N-dealkylation sites (tertiary alicyclic amines) is 1. The number of pyridine rings is 2. The van der Waals surface area contributed by atoms with Crippen LogP contribution in [-0.2, 0) is 9.47 Å². The number of benzene rings is 1. The summed E-state index contributed by atoms with van der Waals surface area (Å²) < 4.78 is 20.1. The highest BCUT2D eigenvalue weighted by Crippen LogP contribution is 2.42. The second-order valence-corrected chi connectivity index (χ2v) is 14.8. The zero-order valence-electron chi connectivity index (χ0n) is 27.2. The molecule has 0 bridgehead atoms. The highest BCUT2D eigenvalue weighted by molar-refractivity contribution is 6.35. The zero-order valence-corrected chi connectivity index (χ0v) is 28.7. The number of anilines is 1. The molecule has 0 saturated carbocycles. The maximum absolute atomic E-state index is 12.6. The summed E-state index contributed by atoms with van der Waals surface area (Å²) in [4.78, 5) is 25.7. The molecule has 4 aromatic rings. The molecule has 1 aromatic carbocycles. The molecule has 1 unspecified atom stereocenters. The Morgan fingerprint density at radius 2 is 1.85 bits per heavy atom. The highest BCUT2D eigenvalue weighted by atomic mass is 35.5. The SMILES string of the molecule is C[C@@H](Oc1ccc2c(c1)c(-c1ccc(N3CC4(CCN(C(=O)OC(C)(C)C)C4)C3)nc1)nn2C1CCCCO1)c1c(Cl)cncc1Cl. The Morgan fingerprint density at radius 3 is 2.53 bits per heavy atom. The van der Waals surface area contributed by atoms with E-state index in [0.29, 0.717) is 27.9 Å². The molecule has 3 fully saturated rings. The van der Waals surface area contributed by atoms with E-state index in [0.717, 1.165) is 79.9 Å². The number of amides is 1. The predicted molar refractivity (Wildman–Crippen MR) is 182 cm³/mol. The molecule has 47 heavy (non-hydrogen) atoms. The third kappa shape index (κ3) is 6.47. The summed E-state index contributed by atoms with van der Waals surface area (Å²) in [7, 11) is 0. The van der Waals surface area contributed by atoms with Crippen LogP contribution in [0.5, 0.6) is 5.75 Å². The first-order valence-corrected chi connectivity index (χ1v) is 17.0. The van der Waals surface area contributed by atoms with Crippen LogP contribution >= 0.6 is 23.2 Å². The van der Waals surface area contributed by atoms with Crippen molar-refractivity contribution in [3.8, 4) is 17.0 Å². The number of fused-ring (bicyclic) bond motifs is 1. The number of carbonyl (C=O) groups excluding carboxylic acids is 1. The Labute approximate surface area is 284 Å². The van der Waals surface area contributed by atoms with Crippen molar-refractivity contribution in [2.45, 2.75) is 71.3 Å². The van der Waals surface area contributed by atoms with Crippen molar-refractivity contribution >= 4 is 46.0 Å². The van der Waals surface area contributed by atoms with Gasteiger partial charge in [0.05, 0.1) is 15.6 Å². The highest BCUT2D eigenvalue weighted by Gasteiger charge is 2.49. The van der Waals surface area contributed by atoms with Gasteiger partial charge in [-0.3, -0.25) is 4.98 Å². The molecule has 3 aromatic heterocycles. The predicted octanol–water partition coefficient (Wildman–Crippen LogP) is 8.09. The maximum Gasteiger partial charge on any atom is 0.410 e. The van der Waals surface area contributed by atoms with E-state index in [4.69, 9.17) is 47.5 Å². The van der Waals surface area contributed by atoms with Crippen LogP contribution < -0.4 is 9.64 Å². The number of carbonyl (C=O) groups is 1. The van der Waals surface area contributed by atoms with Crippen LogP contribution in [0.2, 0.25) is 10.0 Å². The molecule has 1 amide bonds. The average molecular weight is 680 g/mol. The normalized spacial score (nSPS) is 20.0. The molecule has 0 radical (unpaired) electrons. The molecule has 0 aliphatic carbocycles. The lowest BCUT2D eigenvalue weighted by molar-refractivity contribution is -0.0365. The fourth-order valence-electron chi connectivity index (χ4n) is 6.93. The van der Waals surface area contributed by atoms with Gasteiger partial charge in [0.1, 0.15) is 29.0 Å². The maximum atomic E-state index is 12.6. The van der Waals surface area contributed by atoms with Gasteiger partial charge in [0, 0.05) is 73.3 Å². The molecular formula is C35H40Cl2N6O4. The van der Waals surface area contributed by atoms with Crippen molar-refractivity contribution in [2.75, 3.05) is 37.7 Å². The van der Waals surface area contributed by atoms with E-state index >= 15 is 0 Å². The van der Waals surface area contributed by atoms with Gasteiger partial charge in [-0.1, -0.05) is 23.2 Å². The van der Waals surface area contributed by atoms with E-state index in [1.165, 1.54) is 0 Å². The minimum atomic E-state index is -0.496. The van der Waals surface area contributed by atoms with E-state index in [1.807, 2.05) is 61.7 Å². The summed E-state index contributed by atoms with van der Waals surface area (Å²) in [6.07, 6.45) is 8.31. The first-order valence-electron chi connectivity index (χ1n) is 16.3. The van der Waals surface area contributed by atoms with E-state index in [2.05, 4.69) is 22.0 Å².